The van der Waals surface area contributed by atoms with Crippen molar-refractivity contribution in [3.8, 4) is 0 Å². The van der Waals surface area contributed by atoms with Gasteiger partial charge in [-0.15, -0.1) is 6.58 Å². The molecule has 0 saturated carbocycles. The van der Waals surface area contributed by atoms with Crippen LogP contribution < -0.4 is 4.90 Å². The lowest BCUT2D eigenvalue weighted by molar-refractivity contribution is 0.0987. The van der Waals surface area contributed by atoms with E-state index < -0.39 is 0 Å². The van der Waals surface area contributed by atoms with Gasteiger partial charge in [0.1, 0.15) is 0 Å². The van der Waals surface area contributed by atoms with Gasteiger partial charge in [-0.25, -0.2) is 0 Å². The second-order valence-corrected chi connectivity index (χ2v) is 4.76. The highest BCUT2D eigenvalue weighted by Gasteiger charge is 2.23. The van der Waals surface area contributed by atoms with Gasteiger partial charge in [0.25, 0.3) is 0 Å². The molecule has 0 unspecified atom stereocenters. The summed E-state index contributed by atoms with van der Waals surface area (Å²) in [6.45, 7) is 12.2. The highest BCUT2D eigenvalue weighted by atomic mass is 16.4. The molecule has 0 bridgehead atoms. The molecule has 0 amide bonds. The van der Waals surface area contributed by atoms with Gasteiger partial charge in [-0.1, -0.05) is 6.08 Å². The number of hydrogen-bond acceptors (Lipinski definition) is 3. The number of anilines is 1. The lowest BCUT2D eigenvalue weighted by Crippen LogP contribution is -2.41. The van der Waals surface area contributed by atoms with E-state index >= 15 is 0 Å². The van der Waals surface area contributed by atoms with E-state index in [1.807, 2.05) is 12.1 Å². The van der Waals surface area contributed by atoms with Crippen molar-refractivity contribution in [2.45, 2.75) is 33.2 Å². The number of hydrogen-bond donors (Lipinski definition) is 0. The molecular weight excluding hydrogens is 202 g/mol. The Balaban J connectivity index is 3.02. The first-order chi connectivity index (χ1) is 7.36. The van der Waals surface area contributed by atoms with Crippen LogP contribution in [0.25, 0.3) is 0 Å². The second-order valence-electron chi connectivity index (χ2n) is 4.76. The van der Waals surface area contributed by atoms with E-state index in [2.05, 4.69) is 32.3 Å². The molecule has 0 aliphatic heterocycles. The molecule has 1 heterocycles. The van der Waals surface area contributed by atoms with Crippen molar-refractivity contribution in [1.82, 2.24) is 0 Å². The molecule has 0 spiro atoms. The summed E-state index contributed by atoms with van der Waals surface area (Å²) in [5.41, 5.74) is -0.0693. The second kappa shape index (κ2) is 4.56. The maximum atomic E-state index is 11.2. The lowest BCUT2D eigenvalue weighted by Gasteiger charge is -2.34. The minimum Gasteiger partial charge on any atom is -0.437 e. The largest absolute Gasteiger partial charge is 0.437 e. The zero-order valence-corrected chi connectivity index (χ0v) is 10.4. The van der Waals surface area contributed by atoms with Crippen LogP contribution >= 0.6 is 0 Å². The van der Waals surface area contributed by atoms with E-state index in [4.69, 9.17) is 4.42 Å². The van der Waals surface area contributed by atoms with E-state index in [1.54, 1.807) is 6.07 Å². The Morgan fingerprint density at radius 2 is 2.12 bits per heavy atom. The Labute approximate surface area is 96.7 Å². The van der Waals surface area contributed by atoms with Crippen LogP contribution in [0.1, 0.15) is 38.2 Å². The Bertz CT molecular complexity index is 385. The van der Waals surface area contributed by atoms with Crippen LogP contribution in [0, 0.1) is 0 Å². The quantitative estimate of drug-likeness (QED) is 0.578. The summed E-state index contributed by atoms with van der Waals surface area (Å²) < 4.78 is 5.51. The van der Waals surface area contributed by atoms with Gasteiger partial charge >= 0.3 is 0 Å². The Morgan fingerprint density at radius 1 is 1.50 bits per heavy atom. The molecular formula is C13H19NO2. The molecule has 0 saturated heterocycles. The fourth-order valence-corrected chi connectivity index (χ4v) is 1.49. The van der Waals surface area contributed by atoms with E-state index in [0.29, 0.717) is 18.2 Å². The molecule has 1 aromatic rings. The van der Waals surface area contributed by atoms with Crippen molar-refractivity contribution < 1.29 is 9.21 Å². The fourth-order valence-electron chi connectivity index (χ4n) is 1.49. The third-order valence-corrected chi connectivity index (χ3v) is 2.33. The first-order valence-corrected chi connectivity index (χ1v) is 5.35. The molecule has 0 radical (unpaired) electrons. The van der Waals surface area contributed by atoms with Gasteiger partial charge in [-0.3, -0.25) is 4.79 Å². The number of Topliss-reactive ketones (excluding diaryl/α,β-unsaturated/α-hetero) is 1. The maximum Gasteiger partial charge on any atom is 0.197 e. The molecule has 88 valence electrons. The van der Waals surface area contributed by atoms with Gasteiger partial charge in [-0.2, -0.15) is 0 Å². The SMILES string of the molecule is C=CCN(c1ccc(C(C)=O)o1)C(C)(C)C. The van der Waals surface area contributed by atoms with Crippen LogP contribution in [0.4, 0.5) is 5.88 Å². The number of furan rings is 1. The monoisotopic (exact) mass is 221 g/mol. The molecule has 0 aliphatic carbocycles. The van der Waals surface area contributed by atoms with Crippen LogP contribution in [0.3, 0.4) is 0 Å². The van der Waals surface area contributed by atoms with Crippen LogP contribution in [-0.4, -0.2) is 17.9 Å². The highest BCUT2D eigenvalue weighted by Crippen LogP contribution is 2.26. The molecule has 1 aromatic heterocycles. The third-order valence-electron chi connectivity index (χ3n) is 2.33. The van der Waals surface area contributed by atoms with Crippen LogP contribution in [-0.2, 0) is 0 Å². The van der Waals surface area contributed by atoms with Gasteiger partial charge in [0, 0.05) is 25.1 Å². The predicted octanol–water partition coefficient (Wildman–Crippen LogP) is 3.27. The van der Waals surface area contributed by atoms with E-state index in [9.17, 15) is 4.79 Å². The molecule has 0 N–H and O–H groups in total. The normalized spacial score (nSPS) is 11.2. The number of nitrogens with zero attached hydrogens (tertiary/aromatic N) is 1. The molecule has 16 heavy (non-hydrogen) atoms. The standard InChI is InChI=1S/C13H19NO2/c1-6-9-14(13(3,4)5)12-8-7-11(16-12)10(2)15/h6-8H,1,9H2,2-5H3. The number of rotatable bonds is 4. The molecule has 3 heteroatoms. The smallest absolute Gasteiger partial charge is 0.197 e. The van der Waals surface area contributed by atoms with Crippen molar-refractivity contribution in [3.05, 3.63) is 30.5 Å². The Morgan fingerprint density at radius 3 is 2.50 bits per heavy atom. The minimum atomic E-state index is -0.0693. The van der Waals surface area contributed by atoms with Crippen LogP contribution in [0.15, 0.2) is 29.2 Å². The number of ketones is 1. The average Bonchev–Trinajstić information content (AvgIpc) is 2.60. The first kappa shape index (κ1) is 12.6. The molecule has 1 rings (SSSR count). The Hall–Kier alpha value is -1.51. The van der Waals surface area contributed by atoms with Crippen LogP contribution in [0.5, 0.6) is 0 Å². The van der Waals surface area contributed by atoms with E-state index in [1.165, 1.54) is 6.92 Å². The molecule has 0 aromatic carbocycles. The summed E-state index contributed by atoms with van der Waals surface area (Å²) >= 11 is 0. The summed E-state index contributed by atoms with van der Waals surface area (Å²) in [5.74, 6) is 1.05. The zero-order valence-electron chi connectivity index (χ0n) is 10.4. The number of carbonyl (C=O) groups is 1. The van der Waals surface area contributed by atoms with E-state index in [0.717, 1.165) is 0 Å². The van der Waals surface area contributed by atoms with Crippen LogP contribution in [0.2, 0.25) is 0 Å². The fraction of sp³-hybridized carbons (Fsp3) is 0.462. The molecule has 0 fully saturated rings. The topological polar surface area (TPSA) is 33.5 Å². The summed E-state index contributed by atoms with van der Waals surface area (Å²) in [7, 11) is 0. The summed E-state index contributed by atoms with van der Waals surface area (Å²) in [4.78, 5) is 13.2. The van der Waals surface area contributed by atoms with E-state index in [-0.39, 0.29) is 11.3 Å². The predicted molar refractivity (Wildman–Crippen MR) is 66.0 cm³/mol. The summed E-state index contributed by atoms with van der Waals surface area (Å²) in [5, 5.41) is 0. The van der Waals surface area contributed by atoms with Crippen molar-refractivity contribution >= 4 is 11.7 Å². The van der Waals surface area contributed by atoms with Crippen molar-refractivity contribution in [2.75, 3.05) is 11.4 Å². The molecule has 0 aliphatic rings. The lowest BCUT2D eigenvalue weighted by atomic mass is 10.1. The molecule has 0 atom stereocenters. The Kier molecular flexibility index (Phi) is 3.58. The van der Waals surface area contributed by atoms with Crippen molar-refractivity contribution in [1.29, 1.82) is 0 Å². The summed E-state index contributed by atoms with van der Waals surface area (Å²) in [6, 6.07) is 3.53. The summed E-state index contributed by atoms with van der Waals surface area (Å²) in [6.07, 6.45) is 1.82. The van der Waals surface area contributed by atoms with Gasteiger partial charge < -0.3 is 9.32 Å². The van der Waals surface area contributed by atoms with Crippen molar-refractivity contribution in [2.24, 2.45) is 0 Å². The third kappa shape index (κ3) is 2.75. The minimum absolute atomic E-state index is 0.0567. The average molecular weight is 221 g/mol. The maximum absolute atomic E-state index is 11.2. The first-order valence-electron chi connectivity index (χ1n) is 5.35. The van der Waals surface area contributed by atoms with Crippen molar-refractivity contribution in [3.63, 3.8) is 0 Å². The molecule has 3 nitrogen and oxygen atoms in total. The van der Waals surface area contributed by atoms with Gasteiger partial charge in [0.15, 0.2) is 17.4 Å². The number of carbonyl (C=O) groups excluding carboxylic acids is 1. The van der Waals surface area contributed by atoms with Gasteiger partial charge in [-0.05, 0) is 26.8 Å². The van der Waals surface area contributed by atoms with Gasteiger partial charge in [0.05, 0.1) is 0 Å². The van der Waals surface area contributed by atoms with Gasteiger partial charge in [0.2, 0.25) is 0 Å². The zero-order chi connectivity index (χ0) is 12.3. The highest BCUT2D eigenvalue weighted by molar-refractivity contribution is 5.91.